The van der Waals surface area contributed by atoms with Crippen molar-refractivity contribution in [2.75, 3.05) is 37.0 Å². The highest BCUT2D eigenvalue weighted by Gasteiger charge is 2.31. The molecule has 1 aromatic rings. The van der Waals surface area contributed by atoms with Crippen molar-refractivity contribution in [2.24, 2.45) is 0 Å². The SMILES string of the molecule is CNc1cc(C(F)(F)F)cc(NCCS(=O)(=O)NC)n1. The molecule has 0 unspecified atom stereocenters. The van der Waals surface area contributed by atoms with Crippen LogP contribution in [0.15, 0.2) is 12.1 Å². The van der Waals surface area contributed by atoms with E-state index in [2.05, 4.69) is 20.3 Å². The van der Waals surface area contributed by atoms with E-state index in [0.29, 0.717) is 0 Å². The molecule has 1 heterocycles. The van der Waals surface area contributed by atoms with E-state index < -0.39 is 21.8 Å². The third-order valence-corrected chi connectivity index (χ3v) is 3.76. The molecule has 0 saturated heterocycles. The highest BCUT2D eigenvalue weighted by molar-refractivity contribution is 7.89. The lowest BCUT2D eigenvalue weighted by Crippen LogP contribution is -2.26. The average molecular weight is 312 g/mol. The van der Waals surface area contributed by atoms with Crippen molar-refractivity contribution < 1.29 is 21.6 Å². The van der Waals surface area contributed by atoms with Gasteiger partial charge in [-0.15, -0.1) is 0 Å². The molecule has 20 heavy (non-hydrogen) atoms. The molecular weight excluding hydrogens is 297 g/mol. The van der Waals surface area contributed by atoms with Gasteiger partial charge in [-0.2, -0.15) is 13.2 Å². The van der Waals surface area contributed by atoms with Crippen molar-refractivity contribution in [3.63, 3.8) is 0 Å². The van der Waals surface area contributed by atoms with Gasteiger partial charge in [0.15, 0.2) is 0 Å². The first-order valence-electron chi connectivity index (χ1n) is 5.60. The number of alkyl halides is 3. The largest absolute Gasteiger partial charge is 0.416 e. The Morgan fingerprint density at radius 3 is 2.30 bits per heavy atom. The summed E-state index contributed by atoms with van der Waals surface area (Å²) in [4.78, 5) is 3.87. The Kier molecular flexibility index (Phi) is 5.17. The molecular formula is C10H15F3N4O2S. The van der Waals surface area contributed by atoms with Gasteiger partial charge in [0.25, 0.3) is 0 Å². The van der Waals surface area contributed by atoms with Gasteiger partial charge in [0, 0.05) is 13.6 Å². The summed E-state index contributed by atoms with van der Waals surface area (Å²) in [5, 5.41) is 5.07. The molecule has 114 valence electrons. The fourth-order valence-corrected chi connectivity index (χ4v) is 1.90. The van der Waals surface area contributed by atoms with Crippen LogP contribution in [0.5, 0.6) is 0 Å². The quantitative estimate of drug-likeness (QED) is 0.733. The van der Waals surface area contributed by atoms with E-state index in [9.17, 15) is 21.6 Å². The van der Waals surface area contributed by atoms with Crippen LogP contribution < -0.4 is 15.4 Å². The number of hydrogen-bond donors (Lipinski definition) is 3. The Bertz CT molecular complexity index is 560. The number of aromatic nitrogens is 1. The van der Waals surface area contributed by atoms with E-state index >= 15 is 0 Å². The number of anilines is 2. The average Bonchev–Trinajstić information content (AvgIpc) is 2.37. The molecule has 0 amide bonds. The van der Waals surface area contributed by atoms with Crippen LogP contribution in [0.25, 0.3) is 0 Å². The molecule has 0 atom stereocenters. The van der Waals surface area contributed by atoms with Crippen LogP contribution in [0.3, 0.4) is 0 Å². The first kappa shape index (κ1) is 16.5. The van der Waals surface area contributed by atoms with Gasteiger partial charge < -0.3 is 10.6 Å². The van der Waals surface area contributed by atoms with Crippen molar-refractivity contribution >= 4 is 21.7 Å². The van der Waals surface area contributed by atoms with Crippen LogP contribution in [-0.4, -0.2) is 39.8 Å². The normalized spacial score (nSPS) is 12.2. The topological polar surface area (TPSA) is 83.1 Å². The summed E-state index contributed by atoms with van der Waals surface area (Å²) in [6.45, 7) is -0.0549. The predicted octanol–water partition coefficient (Wildman–Crippen LogP) is 1.10. The van der Waals surface area contributed by atoms with E-state index in [1.165, 1.54) is 14.1 Å². The van der Waals surface area contributed by atoms with Gasteiger partial charge in [-0.3, -0.25) is 0 Å². The Morgan fingerprint density at radius 2 is 1.80 bits per heavy atom. The fraction of sp³-hybridized carbons (Fsp3) is 0.500. The maximum absolute atomic E-state index is 12.7. The third kappa shape index (κ3) is 4.85. The Morgan fingerprint density at radius 1 is 1.20 bits per heavy atom. The Hall–Kier alpha value is -1.55. The summed E-state index contributed by atoms with van der Waals surface area (Å²) >= 11 is 0. The minimum absolute atomic E-state index is 0.0406. The summed E-state index contributed by atoms with van der Waals surface area (Å²) in [7, 11) is -0.719. The Balaban J connectivity index is 2.85. The number of nitrogens with zero attached hydrogens (tertiary/aromatic N) is 1. The highest BCUT2D eigenvalue weighted by Crippen LogP contribution is 2.31. The molecule has 0 aromatic carbocycles. The molecule has 0 spiro atoms. The third-order valence-electron chi connectivity index (χ3n) is 2.40. The van der Waals surface area contributed by atoms with Crippen molar-refractivity contribution in [3.05, 3.63) is 17.7 Å². The molecule has 6 nitrogen and oxygen atoms in total. The molecule has 0 fully saturated rings. The van der Waals surface area contributed by atoms with E-state index in [0.717, 1.165) is 12.1 Å². The van der Waals surface area contributed by atoms with E-state index in [-0.39, 0.29) is 23.9 Å². The van der Waals surface area contributed by atoms with Crippen molar-refractivity contribution in [1.82, 2.24) is 9.71 Å². The lowest BCUT2D eigenvalue weighted by Gasteiger charge is -2.12. The fourth-order valence-electron chi connectivity index (χ4n) is 1.33. The maximum atomic E-state index is 12.7. The minimum Gasteiger partial charge on any atom is -0.373 e. The van der Waals surface area contributed by atoms with E-state index in [1.54, 1.807) is 0 Å². The number of rotatable bonds is 6. The van der Waals surface area contributed by atoms with Gasteiger partial charge in [0.1, 0.15) is 11.6 Å². The summed E-state index contributed by atoms with van der Waals surface area (Å²) in [5.74, 6) is -0.273. The molecule has 0 aliphatic heterocycles. The molecule has 1 rings (SSSR count). The first-order valence-corrected chi connectivity index (χ1v) is 7.25. The number of pyridine rings is 1. The van der Waals surface area contributed by atoms with Crippen LogP contribution in [0.1, 0.15) is 5.56 Å². The molecule has 3 N–H and O–H groups in total. The molecule has 10 heteroatoms. The zero-order valence-electron chi connectivity index (χ0n) is 10.9. The smallest absolute Gasteiger partial charge is 0.373 e. The van der Waals surface area contributed by atoms with Crippen LogP contribution in [0.4, 0.5) is 24.8 Å². The van der Waals surface area contributed by atoms with Crippen LogP contribution in [-0.2, 0) is 16.2 Å². The molecule has 1 aromatic heterocycles. The molecule has 0 bridgehead atoms. The summed E-state index contributed by atoms with van der Waals surface area (Å²) in [6.07, 6.45) is -4.50. The second kappa shape index (κ2) is 6.27. The van der Waals surface area contributed by atoms with E-state index in [4.69, 9.17) is 0 Å². The van der Waals surface area contributed by atoms with Crippen LogP contribution in [0, 0.1) is 0 Å². The van der Waals surface area contributed by atoms with Gasteiger partial charge in [-0.25, -0.2) is 18.1 Å². The standard InChI is InChI=1S/C10H15F3N4O2S/c1-14-8-5-7(10(11,12)13)6-9(17-8)16-3-4-20(18,19)15-2/h5-6,15H,3-4H2,1-2H3,(H2,14,16,17). The lowest BCUT2D eigenvalue weighted by molar-refractivity contribution is -0.137. The lowest BCUT2D eigenvalue weighted by atomic mass is 10.2. The molecule has 0 saturated carbocycles. The van der Waals surface area contributed by atoms with Crippen LogP contribution >= 0.6 is 0 Å². The summed E-state index contributed by atoms with van der Waals surface area (Å²) in [6, 6.07) is 1.70. The zero-order chi connectivity index (χ0) is 15.4. The van der Waals surface area contributed by atoms with Gasteiger partial charge in [0.2, 0.25) is 10.0 Å². The monoisotopic (exact) mass is 312 g/mol. The van der Waals surface area contributed by atoms with Crippen molar-refractivity contribution in [1.29, 1.82) is 0 Å². The highest BCUT2D eigenvalue weighted by atomic mass is 32.2. The second-order valence-electron chi connectivity index (χ2n) is 3.82. The number of sulfonamides is 1. The maximum Gasteiger partial charge on any atom is 0.416 e. The van der Waals surface area contributed by atoms with Gasteiger partial charge in [0.05, 0.1) is 11.3 Å². The molecule has 0 aliphatic rings. The van der Waals surface area contributed by atoms with Crippen molar-refractivity contribution in [2.45, 2.75) is 6.18 Å². The molecule has 0 radical (unpaired) electrons. The molecule has 0 aliphatic carbocycles. The summed E-state index contributed by atoms with van der Waals surface area (Å²) < 4.78 is 62.4. The van der Waals surface area contributed by atoms with Gasteiger partial charge >= 0.3 is 6.18 Å². The summed E-state index contributed by atoms with van der Waals surface area (Å²) in [5.41, 5.74) is -0.865. The first-order chi connectivity index (χ1) is 9.18. The number of hydrogen-bond acceptors (Lipinski definition) is 5. The second-order valence-corrected chi connectivity index (χ2v) is 5.87. The number of halogens is 3. The van der Waals surface area contributed by atoms with Gasteiger partial charge in [-0.05, 0) is 19.2 Å². The Labute approximate surface area is 114 Å². The zero-order valence-corrected chi connectivity index (χ0v) is 11.7. The predicted molar refractivity (Wildman–Crippen MR) is 70.1 cm³/mol. The van der Waals surface area contributed by atoms with Gasteiger partial charge in [-0.1, -0.05) is 0 Å². The van der Waals surface area contributed by atoms with Crippen LogP contribution in [0.2, 0.25) is 0 Å². The van der Waals surface area contributed by atoms with Crippen molar-refractivity contribution in [3.8, 4) is 0 Å². The minimum atomic E-state index is -4.50. The van der Waals surface area contributed by atoms with E-state index in [1.807, 2.05) is 0 Å². The number of nitrogens with one attached hydrogen (secondary N) is 3.